The predicted molar refractivity (Wildman–Crippen MR) is 83.2 cm³/mol. The lowest BCUT2D eigenvalue weighted by Gasteiger charge is -2.30. The van der Waals surface area contributed by atoms with Crippen LogP contribution in [0.2, 0.25) is 0 Å². The van der Waals surface area contributed by atoms with Crippen LogP contribution < -0.4 is 5.32 Å². The van der Waals surface area contributed by atoms with Crippen molar-refractivity contribution in [1.29, 1.82) is 0 Å². The molecule has 2 fully saturated rings. The molecule has 8 heteroatoms. The number of aromatic nitrogens is 1. The van der Waals surface area contributed by atoms with Gasteiger partial charge in [-0.1, -0.05) is 5.16 Å². The number of hydrogen-bond donors (Lipinski definition) is 1. The number of amides is 1. The molecule has 3 rings (SSSR count). The Labute approximate surface area is 136 Å². The van der Waals surface area contributed by atoms with Gasteiger partial charge in [0.05, 0.1) is 0 Å². The molecule has 2 heterocycles. The van der Waals surface area contributed by atoms with E-state index in [-0.39, 0.29) is 16.7 Å². The lowest BCUT2D eigenvalue weighted by atomic mass is 9.94. The summed E-state index contributed by atoms with van der Waals surface area (Å²) in [5.74, 6) is 0.679. The van der Waals surface area contributed by atoms with Crippen molar-refractivity contribution in [3.8, 4) is 0 Å². The minimum absolute atomic E-state index is 0.0968. The molecular formula is C15H23N3O4S. The van der Waals surface area contributed by atoms with Crippen LogP contribution in [-0.4, -0.2) is 42.9 Å². The highest BCUT2D eigenvalue weighted by molar-refractivity contribution is 7.89. The highest BCUT2D eigenvalue weighted by Gasteiger charge is 2.34. The molecule has 1 amide bonds. The standard InChI is InChI=1S/C15H23N3O4S/c1-10-15(11(2)22-17-10)23(20,21)18-7-5-12(6-8-18)9-14(19)16-13-3-4-13/h12-13H,3-9H2,1-2H3,(H,16,19). The van der Waals surface area contributed by atoms with Crippen LogP contribution in [0, 0.1) is 19.8 Å². The molecule has 0 bridgehead atoms. The van der Waals surface area contributed by atoms with Gasteiger partial charge >= 0.3 is 0 Å². The number of nitrogens with one attached hydrogen (secondary N) is 1. The van der Waals surface area contributed by atoms with Gasteiger partial charge in [0.15, 0.2) is 5.76 Å². The average molecular weight is 341 g/mol. The molecule has 1 saturated heterocycles. The van der Waals surface area contributed by atoms with Crippen LogP contribution in [-0.2, 0) is 14.8 Å². The van der Waals surface area contributed by atoms with E-state index in [1.165, 1.54) is 4.31 Å². The number of nitrogens with zero attached hydrogens (tertiary/aromatic N) is 2. The van der Waals surface area contributed by atoms with Gasteiger partial charge in [-0.3, -0.25) is 4.79 Å². The molecule has 1 aliphatic heterocycles. The molecule has 0 radical (unpaired) electrons. The van der Waals surface area contributed by atoms with Gasteiger partial charge in [0, 0.05) is 25.6 Å². The normalized spacial score (nSPS) is 20.6. The van der Waals surface area contributed by atoms with E-state index in [2.05, 4.69) is 10.5 Å². The summed E-state index contributed by atoms with van der Waals surface area (Å²) in [6, 6.07) is 0.377. The Hall–Kier alpha value is -1.41. The van der Waals surface area contributed by atoms with Crippen LogP contribution in [0.15, 0.2) is 9.42 Å². The van der Waals surface area contributed by atoms with E-state index < -0.39 is 10.0 Å². The first-order chi connectivity index (χ1) is 10.9. The first-order valence-electron chi connectivity index (χ1n) is 8.10. The Bertz CT molecular complexity index is 666. The second-order valence-electron chi connectivity index (χ2n) is 6.55. The van der Waals surface area contributed by atoms with Gasteiger partial charge in [0.2, 0.25) is 15.9 Å². The van der Waals surface area contributed by atoms with Crippen LogP contribution in [0.3, 0.4) is 0 Å². The SMILES string of the molecule is Cc1noc(C)c1S(=O)(=O)N1CCC(CC(=O)NC2CC2)CC1. The van der Waals surface area contributed by atoms with Gasteiger partial charge in [0.25, 0.3) is 0 Å². The molecule has 0 aromatic carbocycles. The fourth-order valence-electron chi connectivity index (χ4n) is 3.10. The maximum Gasteiger partial charge on any atom is 0.248 e. The van der Waals surface area contributed by atoms with Crippen molar-refractivity contribution in [2.45, 2.75) is 56.9 Å². The highest BCUT2D eigenvalue weighted by atomic mass is 32.2. The van der Waals surface area contributed by atoms with Crippen molar-refractivity contribution in [2.24, 2.45) is 5.92 Å². The van der Waals surface area contributed by atoms with Crippen LogP contribution in [0.1, 0.15) is 43.6 Å². The van der Waals surface area contributed by atoms with Gasteiger partial charge < -0.3 is 9.84 Å². The minimum atomic E-state index is -3.56. The number of aryl methyl sites for hydroxylation is 2. The van der Waals surface area contributed by atoms with Gasteiger partial charge in [-0.25, -0.2) is 8.42 Å². The number of hydrogen-bond acceptors (Lipinski definition) is 5. The van der Waals surface area contributed by atoms with Crippen LogP contribution in [0.25, 0.3) is 0 Å². The zero-order chi connectivity index (χ0) is 16.6. The zero-order valence-electron chi connectivity index (χ0n) is 13.5. The van der Waals surface area contributed by atoms with E-state index in [1.54, 1.807) is 13.8 Å². The molecule has 1 aliphatic carbocycles. The van der Waals surface area contributed by atoms with E-state index >= 15 is 0 Å². The first kappa shape index (κ1) is 16.4. The topological polar surface area (TPSA) is 92.5 Å². The fraction of sp³-hybridized carbons (Fsp3) is 0.733. The van der Waals surface area contributed by atoms with Crippen molar-refractivity contribution in [1.82, 2.24) is 14.8 Å². The molecule has 2 aliphatic rings. The van der Waals surface area contributed by atoms with Gasteiger partial charge in [-0.05, 0) is 45.4 Å². The Morgan fingerprint density at radius 1 is 1.26 bits per heavy atom. The lowest BCUT2D eigenvalue weighted by molar-refractivity contribution is -0.122. The Balaban J connectivity index is 1.58. The van der Waals surface area contributed by atoms with Crippen molar-refractivity contribution in [3.63, 3.8) is 0 Å². The molecule has 1 aromatic rings. The van der Waals surface area contributed by atoms with Crippen molar-refractivity contribution in [3.05, 3.63) is 11.5 Å². The van der Waals surface area contributed by atoms with Crippen LogP contribution in [0.5, 0.6) is 0 Å². The maximum atomic E-state index is 12.7. The lowest BCUT2D eigenvalue weighted by Crippen LogP contribution is -2.40. The van der Waals surface area contributed by atoms with Gasteiger partial charge in [-0.2, -0.15) is 4.31 Å². The van der Waals surface area contributed by atoms with Gasteiger partial charge in [-0.15, -0.1) is 0 Å². The Morgan fingerprint density at radius 2 is 1.91 bits per heavy atom. The number of carbonyl (C=O) groups is 1. The molecule has 1 aromatic heterocycles. The van der Waals surface area contributed by atoms with Crippen LogP contribution >= 0.6 is 0 Å². The van der Waals surface area contributed by atoms with Crippen molar-refractivity contribution >= 4 is 15.9 Å². The number of rotatable bonds is 5. The number of piperidine rings is 1. The summed E-state index contributed by atoms with van der Waals surface area (Å²) in [6.07, 6.45) is 4.08. The van der Waals surface area contributed by atoms with Gasteiger partial charge in [0.1, 0.15) is 10.6 Å². The van der Waals surface area contributed by atoms with Crippen molar-refractivity contribution < 1.29 is 17.7 Å². The third-order valence-electron chi connectivity index (χ3n) is 4.56. The summed E-state index contributed by atoms with van der Waals surface area (Å²) in [4.78, 5) is 12.0. The monoisotopic (exact) mass is 341 g/mol. The second-order valence-corrected chi connectivity index (χ2v) is 8.42. The number of sulfonamides is 1. The minimum Gasteiger partial charge on any atom is -0.360 e. The van der Waals surface area contributed by atoms with Crippen molar-refractivity contribution in [2.75, 3.05) is 13.1 Å². The third-order valence-corrected chi connectivity index (χ3v) is 6.70. The first-order valence-corrected chi connectivity index (χ1v) is 9.54. The third kappa shape index (κ3) is 3.58. The summed E-state index contributed by atoms with van der Waals surface area (Å²) in [5, 5.41) is 6.72. The highest BCUT2D eigenvalue weighted by Crippen LogP contribution is 2.29. The summed E-state index contributed by atoms with van der Waals surface area (Å²) in [5.41, 5.74) is 0.397. The van der Waals surface area contributed by atoms with E-state index in [1.807, 2.05) is 0 Å². The van der Waals surface area contributed by atoms with E-state index in [4.69, 9.17) is 4.52 Å². The quantitative estimate of drug-likeness (QED) is 0.873. The summed E-state index contributed by atoms with van der Waals surface area (Å²) in [7, 11) is -3.56. The Morgan fingerprint density at radius 3 is 2.43 bits per heavy atom. The van der Waals surface area contributed by atoms with E-state index in [0.29, 0.717) is 49.8 Å². The molecule has 23 heavy (non-hydrogen) atoms. The largest absolute Gasteiger partial charge is 0.360 e. The molecule has 0 spiro atoms. The smallest absolute Gasteiger partial charge is 0.248 e. The second kappa shape index (κ2) is 6.24. The summed E-state index contributed by atoms with van der Waals surface area (Å²) >= 11 is 0. The molecular weight excluding hydrogens is 318 g/mol. The van der Waals surface area contributed by atoms with E-state index in [9.17, 15) is 13.2 Å². The Kier molecular flexibility index (Phi) is 4.46. The fourth-order valence-corrected chi connectivity index (χ4v) is 4.86. The molecule has 7 nitrogen and oxygen atoms in total. The molecule has 128 valence electrons. The summed E-state index contributed by atoms with van der Waals surface area (Å²) in [6.45, 7) is 4.13. The summed E-state index contributed by atoms with van der Waals surface area (Å²) < 4.78 is 31.9. The molecule has 0 atom stereocenters. The molecule has 1 N–H and O–H groups in total. The number of carbonyl (C=O) groups excluding carboxylic acids is 1. The molecule has 1 saturated carbocycles. The zero-order valence-corrected chi connectivity index (χ0v) is 14.4. The molecule has 0 unspecified atom stereocenters. The maximum absolute atomic E-state index is 12.7. The predicted octanol–water partition coefficient (Wildman–Crippen LogP) is 1.36. The van der Waals surface area contributed by atoms with E-state index in [0.717, 1.165) is 12.8 Å². The average Bonchev–Trinajstić information content (AvgIpc) is 3.22. The van der Waals surface area contributed by atoms with Crippen LogP contribution in [0.4, 0.5) is 0 Å².